The van der Waals surface area contributed by atoms with E-state index in [0.717, 1.165) is 15.7 Å². The van der Waals surface area contributed by atoms with Crippen LogP contribution in [0.15, 0.2) is 53.3 Å². The topological polar surface area (TPSA) is 92.3 Å². The number of rotatable bonds is 6. The van der Waals surface area contributed by atoms with Crippen LogP contribution in [0.2, 0.25) is 5.02 Å². The van der Waals surface area contributed by atoms with Gasteiger partial charge in [-0.2, -0.15) is 5.26 Å². The second kappa shape index (κ2) is 8.85. The van der Waals surface area contributed by atoms with Crippen molar-refractivity contribution in [1.82, 2.24) is 4.57 Å². The fourth-order valence-corrected chi connectivity index (χ4v) is 3.24. The Morgan fingerprint density at radius 2 is 1.90 bits per heavy atom. The summed E-state index contributed by atoms with van der Waals surface area (Å²) < 4.78 is 6.57. The molecule has 0 fully saturated rings. The zero-order chi connectivity index (χ0) is 21.8. The molecule has 0 aliphatic heterocycles. The number of aromatic hydroxyl groups is 1. The predicted octanol–water partition coefficient (Wildman–Crippen LogP) is 4.01. The number of benzene rings is 2. The van der Waals surface area contributed by atoms with E-state index in [9.17, 15) is 20.0 Å². The minimum Gasteiger partial charge on any atom is -0.494 e. The van der Waals surface area contributed by atoms with Crippen LogP contribution >= 0.6 is 11.6 Å². The van der Waals surface area contributed by atoms with Crippen LogP contribution in [0.4, 0.5) is 0 Å². The average molecular weight is 423 g/mol. The molecule has 0 amide bonds. The highest BCUT2D eigenvalue weighted by molar-refractivity contribution is 6.31. The van der Waals surface area contributed by atoms with Gasteiger partial charge in [0.1, 0.15) is 17.4 Å². The number of carbonyl (C=O) groups excluding carboxylic acids is 1. The smallest absolute Gasteiger partial charge is 0.271 e. The first-order valence-corrected chi connectivity index (χ1v) is 9.53. The standard InChI is InChI=1S/C23H19ClN2O4/c1-14-10-17(8-9-19(14)24)30-13-20(27)21-15(2)18(11-25)22(28)26(23(21)29)12-16-6-4-3-5-7-16/h3-10,29H,12-13H2,1-2H3. The third-order valence-electron chi connectivity index (χ3n) is 4.76. The molecule has 0 aliphatic rings. The van der Waals surface area contributed by atoms with Crippen molar-refractivity contribution in [1.29, 1.82) is 5.26 Å². The summed E-state index contributed by atoms with van der Waals surface area (Å²) in [6, 6.07) is 15.8. The van der Waals surface area contributed by atoms with Crippen LogP contribution in [0, 0.1) is 25.2 Å². The normalized spacial score (nSPS) is 10.5. The molecule has 30 heavy (non-hydrogen) atoms. The zero-order valence-electron chi connectivity index (χ0n) is 16.5. The van der Waals surface area contributed by atoms with Crippen molar-refractivity contribution in [2.24, 2.45) is 0 Å². The van der Waals surface area contributed by atoms with E-state index >= 15 is 0 Å². The highest BCUT2D eigenvalue weighted by atomic mass is 35.5. The largest absolute Gasteiger partial charge is 0.494 e. The van der Waals surface area contributed by atoms with Gasteiger partial charge in [0.05, 0.1) is 12.1 Å². The summed E-state index contributed by atoms with van der Waals surface area (Å²) in [5.74, 6) is -0.585. The monoisotopic (exact) mass is 422 g/mol. The van der Waals surface area contributed by atoms with Crippen molar-refractivity contribution >= 4 is 17.4 Å². The average Bonchev–Trinajstić information content (AvgIpc) is 2.73. The summed E-state index contributed by atoms with van der Waals surface area (Å²) in [7, 11) is 0. The van der Waals surface area contributed by atoms with Gasteiger partial charge >= 0.3 is 0 Å². The molecule has 6 nitrogen and oxygen atoms in total. The number of halogens is 1. The molecule has 0 bridgehead atoms. The van der Waals surface area contributed by atoms with Crippen LogP contribution in [0.5, 0.6) is 11.6 Å². The number of hydrogen-bond donors (Lipinski definition) is 1. The lowest BCUT2D eigenvalue weighted by Gasteiger charge is -2.16. The lowest BCUT2D eigenvalue weighted by atomic mass is 10.0. The molecule has 1 heterocycles. The molecular weight excluding hydrogens is 404 g/mol. The molecule has 0 saturated carbocycles. The maximum atomic E-state index is 12.9. The molecule has 0 radical (unpaired) electrons. The third-order valence-corrected chi connectivity index (χ3v) is 5.19. The first-order chi connectivity index (χ1) is 14.3. The molecule has 0 atom stereocenters. The van der Waals surface area contributed by atoms with Gasteiger partial charge in [0.15, 0.2) is 6.61 Å². The summed E-state index contributed by atoms with van der Waals surface area (Å²) in [4.78, 5) is 25.6. The molecule has 3 rings (SSSR count). The van der Waals surface area contributed by atoms with Gasteiger partial charge in [0.2, 0.25) is 11.7 Å². The minimum absolute atomic E-state index is 0.0258. The van der Waals surface area contributed by atoms with E-state index in [1.807, 2.05) is 19.1 Å². The van der Waals surface area contributed by atoms with Gasteiger partial charge in [-0.25, -0.2) is 0 Å². The Labute approximate surface area is 178 Å². The molecule has 2 aromatic carbocycles. The number of nitriles is 1. The second-order valence-electron chi connectivity index (χ2n) is 6.81. The Morgan fingerprint density at radius 1 is 1.20 bits per heavy atom. The fraction of sp³-hybridized carbons (Fsp3) is 0.174. The summed E-state index contributed by atoms with van der Waals surface area (Å²) in [6.07, 6.45) is 0. The quantitative estimate of drug-likeness (QED) is 0.606. The van der Waals surface area contributed by atoms with Crippen molar-refractivity contribution in [3.05, 3.63) is 91.7 Å². The van der Waals surface area contributed by atoms with E-state index in [1.54, 1.807) is 42.5 Å². The highest BCUT2D eigenvalue weighted by Crippen LogP contribution is 2.25. The zero-order valence-corrected chi connectivity index (χ0v) is 17.2. The van der Waals surface area contributed by atoms with Crippen LogP contribution in [-0.2, 0) is 6.54 Å². The van der Waals surface area contributed by atoms with Crippen molar-refractivity contribution in [3.63, 3.8) is 0 Å². The van der Waals surface area contributed by atoms with E-state index in [0.29, 0.717) is 10.8 Å². The molecule has 1 aromatic heterocycles. The fourth-order valence-electron chi connectivity index (χ4n) is 3.13. The molecule has 0 spiro atoms. The number of pyridine rings is 1. The number of nitrogens with zero attached hydrogens (tertiary/aromatic N) is 2. The van der Waals surface area contributed by atoms with Gasteiger partial charge in [-0.15, -0.1) is 0 Å². The van der Waals surface area contributed by atoms with E-state index in [4.69, 9.17) is 16.3 Å². The van der Waals surface area contributed by atoms with Gasteiger partial charge in [-0.1, -0.05) is 41.9 Å². The number of aryl methyl sites for hydroxylation is 1. The van der Waals surface area contributed by atoms with Crippen LogP contribution < -0.4 is 10.3 Å². The molecular formula is C23H19ClN2O4. The summed E-state index contributed by atoms with van der Waals surface area (Å²) >= 11 is 5.99. The van der Waals surface area contributed by atoms with E-state index < -0.39 is 17.2 Å². The summed E-state index contributed by atoms with van der Waals surface area (Å²) in [5, 5.41) is 20.8. The molecule has 152 valence electrons. The molecule has 3 aromatic rings. The van der Waals surface area contributed by atoms with Crippen LogP contribution in [0.25, 0.3) is 0 Å². The van der Waals surface area contributed by atoms with Crippen LogP contribution in [0.3, 0.4) is 0 Å². The molecule has 7 heteroatoms. The highest BCUT2D eigenvalue weighted by Gasteiger charge is 2.24. The molecule has 0 aliphatic carbocycles. The van der Waals surface area contributed by atoms with Crippen molar-refractivity contribution < 1.29 is 14.6 Å². The van der Waals surface area contributed by atoms with Gasteiger partial charge < -0.3 is 9.84 Å². The summed E-state index contributed by atoms with van der Waals surface area (Å²) in [6.45, 7) is 2.93. The first-order valence-electron chi connectivity index (χ1n) is 9.16. The summed E-state index contributed by atoms with van der Waals surface area (Å²) in [5.41, 5.74) is 0.729. The Kier molecular flexibility index (Phi) is 6.24. The SMILES string of the molecule is Cc1cc(OCC(=O)c2c(C)c(C#N)c(=O)n(Cc3ccccc3)c2O)ccc1Cl. The Hall–Kier alpha value is -3.56. The van der Waals surface area contributed by atoms with Crippen molar-refractivity contribution in [3.8, 4) is 17.7 Å². The molecule has 0 saturated heterocycles. The number of aromatic nitrogens is 1. The predicted molar refractivity (Wildman–Crippen MR) is 113 cm³/mol. The third kappa shape index (κ3) is 4.22. The van der Waals surface area contributed by atoms with Crippen molar-refractivity contribution in [2.75, 3.05) is 6.61 Å². The first kappa shape index (κ1) is 21.2. The van der Waals surface area contributed by atoms with Crippen LogP contribution in [0.1, 0.15) is 32.6 Å². The van der Waals surface area contributed by atoms with Gasteiger partial charge in [-0.3, -0.25) is 14.2 Å². The second-order valence-corrected chi connectivity index (χ2v) is 7.22. The van der Waals surface area contributed by atoms with Crippen LogP contribution in [-0.4, -0.2) is 22.1 Å². The van der Waals surface area contributed by atoms with E-state index in [-0.39, 0.29) is 29.8 Å². The number of ether oxygens (including phenoxy) is 1. The van der Waals surface area contributed by atoms with Gasteiger partial charge in [-0.05, 0) is 48.7 Å². The Bertz CT molecular complexity index is 1210. The Balaban J connectivity index is 1.97. The number of ketones is 1. The van der Waals surface area contributed by atoms with E-state index in [1.165, 1.54) is 6.92 Å². The number of carbonyl (C=O) groups is 1. The van der Waals surface area contributed by atoms with Crippen molar-refractivity contribution in [2.45, 2.75) is 20.4 Å². The van der Waals surface area contributed by atoms with E-state index in [2.05, 4.69) is 0 Å². The maximum Gasteiger partial charge on any atom is 0.271 e. The van der Waals surface area contributed by atoms with Gasteiger partial charge in [0, 0.05) is 5.02 Å². The van der Waals surface area contributed by atoms with Gasteiger partial charge in [0.25, 0.3) is 5.56 Å². The molecule has 1 N–H and O–H groups in total. The molecule has 0 unspecified atom stereocenters. The Morgan fingerprint density at radius 3 is 2.53 bits per heavy atom. The lowest BCUT2D eigenvalue weighted by Crippen LogP contribution is -2.28. The number of hydrogen-bond acceptors (Lipinski definition) is 5. The minimum atomic E-state index is -0.651. The number of Topliss-reactive ketones (excluding diaryl/α,β-unsaturated/α-hetero) is 1. The lowest BCUT2D eigenvalue weighted by molar-refractivity contribution is 0.0916. The maximum absolute atomic E-state index is 12.9.